The first-order valence-corrected chi connectivity index (χ1v) is 13.9. The maximum Gasteiger partial charge on any atom is 0.328 e. The monoisotopic (exact) mass is 583 g/mol. The highest BCUT2D eigenvalue weighted by molar-refractivity contribution is 5.89. The number of carbonyl (C=O) groups excluding carboxylic acids is 3. The summed E-state index contributed by atoms with van der Waals surface area (Å²) in [6.07, 6.45) is 1.75. The molecule has 2 aromatic rings. The Hall–Kier alpha value is -4.28. The Kier molecular flexibility index (Phi) is 10.8. The molecule has 0 aliphatic heterocycles. The van der Waals surface area contributed by atoms with Crippen molar-refractivity contribution < 1.29 is 33.3 Å². The van der Waals surface area contributed by atoms with Gasteiger partial charge < -0.3 is 34.9 Å². The van der Waals surface area contributed by atoms with E-state index in [2.05, 4.69) is 16.0 Å². The molecule has 3 rings (SSSR count). The lowest BCUT2D eigenvalue weighted by Crippen LogP contribution is -2.50. The van der Waals surface area contributed by atoms with Gasteiger partial charge in [-0.25, -0.2) is 4.79 Å². The number of methoxy groups -OCH3 is 4. The molecular formula is C31H41N3O8. The van der Waals surface area contributed by atoms with Gasteiger partial charge in [-0.15, -0.1) is 0 Å². The van der Waals surface area contributed by atoms with E-state index in [1.807, 2.05) is 19.9 Å². The fourth-order valence-corrected chi connectivity index (χ4v) is 5.20. The number of rotatable bonds is 11. The maximum absolute atomic E-state index is 13.6. The molecule has 0 aromatic heterocycles. The van der Waals surface area contributed by atoms with Crippen LogP contribution in [0.1, 0.15) is 57.7 Å². The number of hydrogen-bond acceptors (Lipinski definition) is 9. The molecule has 228 valence electrons. The number of esters is 1. The van der Waals surface area contributed by atoms with Gasteiger partial charge in [-0.2, -0.15) is 0 Å². The first-order valence-electron chi connectivity index (χ1n) is 13.9. The van der Waals surface area contributed by atoms with Gasteiger partial charge in [-0.1, -0.05) is 26.3 Å². The quantitative estimate of drug-likeness (QED) is 0.340. The zero-order valence-electron chi connectivity index (χ0n) is 25.5. The van der Waals surface area contributed by atoms with Crippen molar-refractivity contribution in [1.82, 2.24) is 10.6 Å². The number of fused-ring (bicyclic) bond motifs is 3. The van der Waals surface area contributed by atoms with Crippen LogP contribution in [-0.4, -0.2) is 58.3 Å². The molecule has 11 nitrogen and oxygen atoms in total. The standard InChI is InChI=1S/C31H41N3O8/c1-9-16(2)27(31(38)42-8)34-30(37)17(3)32-23-13-11-20-21(15-24(23)36)22(33-18(4)35)12-10-19-14-25(39-5)28(40-6)29(41-7)26(19)20/h11,13-17,22,27H,9-10,12H2,1-8H3,(H,32,36)(H,33,35)(H,34,37)/t16-,17+,22+,27+/m0/s1. The van der Waals surface area contributed by atoms with E-state index in [-0.39, 0.29) is 22.9 Å². The van der Waals surface area contributed by atoms with Crippen LogP contribution in [0.3, 0.4) is 0 Å². The second-order valence-corrected chi connectivity index (χ2v) is 10.4. The molecule has 0 saturated carbocycles. The number of ether oxygens (including phenoxy) is 4. The van der Waals surface area contributed by atoms with Gasteiger partial charge in [0.2, 0.25) is 23.0 Å². The smallest absolute Gasteiger partial charge is 0.328 e. The molecule has 11 heteroatoms. The van der Waals surface area contributed by atoms with Crippen molar-refractivity contribution in [3.05, 3.63) is 45.6 Å². The van der Waals surface area contributed by atoms with E-state index in [4.69, 9.17) is 18.9 Å². The summed E-state index contributed by atoms with van der Waals surface area (Å²) in [4.78, 5) is 51.1. The molecule has 2 aromatic carbocycles. The Labute approximate surface area is 246 Å². The van der Waals surface area contributed by atoms with Gasteiger partial charge >= 0.3 is 5.97 Å². The number of aryl methyl sites for hydroxylation is 1. The summed E-state index contributed by atoms with van der Waals surface area (Å²) in [6.45, 7) is 6.80. The third-order valence-corrected chi connectivity index (χ3v) is 7.65. The summed E-state index contributed by atoms with van der Waals surface area (Å²) in [5, 5.41) is 8.71. The fourth-order valence-electron chi connectivity index (χ4n) is 5.20. The molecule has 0 saturated heterocycles. The molecular weight excluding hydrogens is 542 g/mol. The Morgan fingerprint density at radius 1 is 1.00 bits per heavy atom. The van der Waals surface area contributed by atoms with Crippen LogP contribution in [0.5, 0.6) is 17.2 Å². The Morgan fingerprint density at radius 2 is 1.69 bits per heavy atom. The molecule has 0 heterocycles. The highest BCUT2D eigenvalue weighted by Crippen LogP contribution is 2.50. The minimum atomic E-state index is -0.853. The van der Waals surface area contributed by atoms with Crippen LogP contribution in [0, 0.1) is 5.92 Å². The van der Waals surface area contributed by atoms with Gasteiger partial charge in [0, 0.05) is 12.5 Å². The van der Waals surface area contributed by atoms with Gasteiger partial charge in [0.25, 0.3) is 0 Å². The largest absolute Gasteiger partial charge is 0.493 e. The van der Waals surface area contributed by atoms with Crippen LogP contribution >= 0.6 is 0 Å². The molecule has 0 spiro atoms. The zero-order valence-corrected chi connectivity index (χ0v) is 25.5. The highest BCUT2D eigenvalue weighted by atomic mass is 16.5. The van der Waals surface area contributed by atoms with E-state index in [1.165, 1.54) is 34.3 Å². The number of anilines is 1. The van der Waals surface area contributed by atoms with E-state index >= 15 is 0 Å². The van der Waals surface area contributed by atoms with Crippen molar-refractivity contribution in [2.45, 2.75) is 65.1 Å². The molecule has 0 unspecified atom stereocenters. The molecule has 4 atom stereocenters. The predicted octanol–water partition coefficient (Wildman–Crippen LogP) is 3.37. The van der Waals surface area contributed by atoms with Gasteiger partial charge in [-0.3, -0.25) is 14.4 Å². The Balaban J connectivity index is 2.12. The van der Waals surface area contributed by atoms with Crippen LogP contribution in [0.2, 0.25) is 0 Å². The van der Waals surface area contributed by atoms with E-state index in [0.29, 0.717) is 47.6 Å². The van der Waals surface area contributed by atoms with Crippen molar-refractivity contribution in [1.29, 1.82) is 0 Å². The Bertz CT molecular complexity index is 1390. The van der Waals surface area contributed by atoms with Gasteiger partial charge in [0.05, 0.1) is 40.2 Å². The molecule has 42 heavy (non-hydrogen) atoms. The number of hydrogen-bond donors (Lipinski definition) is 3. The summed E-state index contributed by atoms with van der Waals surface area (Å²) < 4.78 is 21.9. The van der Waals surface area contributed by atoms with Crippen LogP contribution in [-0.2, 0) is 25.5 Å². The van der Waals surface area contributed by atoms with Gasteiger partial charge in [0.15, 0.2) is 11.5 Å². The minimum Gasteiger partial charge on any atom is -0.493 e. The van der Waals surface area contributed by atoms with Crippen molar-refractivity contribution in [2.75, 3.05) is 33.8 Å². The average Bonchev–Trinajstić information content (AvgIpc) is 3.22. The van der Waals surface area contributed by atoms with E-state index in [0.717, 1.165) is 11.1 Å². The van der Waals surface area contributed by atoms with Gasteiger partial charge in [0.1, 0.15) is 12.1 Å². The molecule has 1 aliphatic carbocycles. The lowest BCUT2D eigenvalue weighted by molar-refractivity contribution is -0.146. The molecule has 0 radical (unpaired) electrons. The van der Waals surface area contributed by atoms with Crippen molar-refractivity contribution >= 4 is 23.5 Å². The predicted molar refractivity (Wildman–Crippen MR) is 159 cm³/mol. The van der Waals surface area contributed by atoms with Crippen molar-refractivity contribution in [3.63, 3.8) is 0 Å². The average molecular weight is 584 g/mol. The Morgan fingerprint density at radius 3 is 2.26 bits per heavy atom. The summed E-state index contributed by atoms with van der Waals surface area (Å²) in [5.41, 5.74) is 2.70. The van der Waals surface area contributed by atoms with Crippen LogP contribution in [0.4, 0.5) is 5.69 Å². The lowest BCUT2D eigenvalue weighted by Gasteiger charge is -2.24. The summed E-state index contributed by atoms with van der Waals surface area (Å²) in [7, 11) is 5.87. The van der Waals surface area contributed by atoms with E-state index in [9.17, 15) is 19.2 Å². The zero-order chi connectivity index (χ0) is 31.1. The van der Waals surface area contributed by atoms with E-state index < -0.39 is 30.0 Å². The molecule has 3 N–H and O–H groups in total. The van der Waals surface area contributed by atoms with E-state index in [1.54, 1.807) is 26.2 Å². The normalized spacial score (nSPS) is 15.9. The second kappa shape index (κ2) is 14.1. The molecule has 0 fully saturated rings. The maximum atomic E-state index is 13.6. The number of amides is 2. The molecule has 1 aliphatic rings. The molecule has 2 amide bonds. The van der Waals surface area contributed by atoms with Crippen LogP contribution < -0.4 is 35.6 Å². The summed E-state index contributed by atoms with van der Waals surface area (Å²) in [5.74, 6) is -0.0280. The molecule has 0 bridgehead atoms. The van der Waals surface area contributed by atoms with Crippen molar-refractivity contribution in [3.8, 4) is 28.4 Å². The second-order valence-electron chi connectivity index (χ2n) is 10.4. The lowest BCUT2D eigenvalue weighted by atomic mass is 9.95. The van der Waals surface area contributed by atoms with Crippen molar-refractivity contribution in [2.24, 2.45) is 5.92 Å². The van der Waals surface area contributed by atoms with Gasteiger partial charge in [-0.05, 0) is 60.6 Å². The minimum absolute atomic E-state index is 0.148. The summed E-state index contributed by atoms with van der Waals surface area (Å²) in [6, 6.07) is 4.60. The topological polar surface area (TPSA) is 141 Å². The first-order chi connectivity index (χ1) is 20.0. The SMILES string of the molecule is CC[C@H](C)[C@@H](NC(=O)[C@@H](C)Nc1ccc2c(cc1=O)[C@H](NC(C)=O)CCc1cc(OC)c(OC)c(OC)c1-2)C(=O)OC. The number of benzene rings is 1. The third-order valence-electron chi connectivity index (χ3n) is 7.65. The first kappa shape index (κ1) is 32.2. The number of nitrogens with one attached hydrogen (secondary N) is 3. The van der Waals surface area contributed by atoms with Crippen LogP contribution in [0.25, 0.3) is 11.1 Å². The summed E-state index contributed by atoms with van der Waals surface area (Å²) >= 11 is 0. The number of carbonyl (C=O) groups is 3. The van der Waals surface area contributed by atoms with Crippen LogP contribution in [0.15, 0.2) is 29.1 Å². The fraction of sp³-hybridized carbons (Fsp3) is 0.484. The third kappa shape index (κ3) is 6.78. The highest BCUT2D eigenvalue weighted by Gasteiger charge is 2.31.